The number of benzene rings is 1. The minimum absolute atomic E-state index is 0.0339. The molecule has 1 fully saturated rings. The molecule has 11 nitrogen and oxygen atoms in total. The van der Waals surface area contributed by atoms with Crippen molar-refractivity contribution in [3.05, 3.63) is 29.3 Å². The zero-order valence-electron chi connectivity index (χ0n) is 14.4. The van der Waals surface area contributed by atoms with Gasteiger partial charge in [-0.05, 0) is 36.4 Å². The number of carbonyl (C=O) groups is 1. The highest BCUT2D eigenvalue weighted by Crippen LogP contribution is 2.14. The number of aromatic nitrogens is 4. The quantitative estimate of drug-likeness (QED) is 0.616. The molecule has 1 saturated heterocycles. The largest absolute Gasteiger partial charge is 0.378 e. The average Bonchev–Trinajstić information content (AvgIpc) is 3.17. The van der Waals surface area contributed by atoms with Crippen LogP contribution in [0.1, 0.15) is 13.0 Å². The standard InChI is InChI=1S/C14H18ClN7O4S/c1-10(22-18-14(17-19-22)21-6-8-26-9-7-21)13(23)16-20-27(24,25)12-4-2-11(15)3-5-12/h2-5,10,20H,6-9H2,1H3,(H,16,23)/t10-/m1/s1. The summed E-state index contributed by atoms with van der Waals surface area (Å²) in [5.41, 5.74) is 2.15. The van der Waals surface area contributed by atoms with Gasteiger partial charge < -0.3 is 9.64 Å². The number of tetrazole rings is 1. The lowest BCUT2D eigenvalue weighted by Gasteiger charge is -2.24. The third-order valence-electron chi connectivity index (χ3n) is 3.87. The number of nitrogens with zero attached hydrogens (tertiary/aromatic N) is 5. The van der Waals surface area contributed by atoms with Crippen LogP contribution in [-0.4, -0.2) is 60.8 Å². The number of rotatable bonds is 6. The number of hydrazine groups is 1. The van der Waals surface area contributed by atoms with Gasteiger partial charge in [0.2, 0.25) is 0 Å². The van der Waals surface area contributed by atoms with E-state index in [1.807, 2.05) is 9.73 Å². The van der Waals surface area contributed by atoms with Gasteiger partial charge in [-0.2, -0.15) is 0 Å². The van der Waals surface area contributed by atoms with Crippen molar-refractivity contribution >= 4 is 33.5 Å². The van der Waals surface area contributed by atoms with Gasteiger partial charge in [-0.3, -0.25) is 10.2 Å². The normalized spacial score (nSPS) is 16.1. The lowest BCUT2D eigenvalue weighted by Crippen LogP contribution is -2.44. The summed E-state index contributed by atoms with van der Waals surface area (Å²) >= 11 is 5.74. The van der Waals surface area contributed by atoms with E-state index in [1.165, 1.54) is 31.2 Å². The second-order valence-electron chi connectivity index (χ2n) is 5.73. The van der Waals surface area contributed by atoms with E-state index in [9.17, 15) is 13.2 Å². The Bertz CT molecular complexity index is 896. The molecule has 0 aliphatic carbocycles. The summed E-state index contributed by atoms with van der Waals surface area (Å²) in [6.45, 7) is 3.92. The fourth-order valence-electron chi connectivity index (χ4n) is 2.27. The fraction of sp³-hybridized carbons (Fsp3) is 0.429. The molecule has 0 bridgehead atoms. The SMILES string of the molecule is C[C@H](C(=O)NNS(=O)(=O)c1ccc(Cl)cc1)n1nnc(N2CCOCC2)n1. The van der Waals surface area contributed by atoms with Crippen LogP contribution in [0.4, 0.5) is 5.95 Å². The van der Waals surface area contributed by atoms with Gasteiger partial charge in [-0.15, -0.1) is 14.7 Å². The minimum Gasteiger partial charge on any atom is -0.378 e. The van der Waals surface area contributed by atoms with Crippen molar-refractivity contribution in [3.63, 3.8) is 0 Å². The van der Waals surface area contributed by atoms with Crippen molar-refractivity contribution in [1.82, 2.24) is 30.5 Å². The summed E-state index contributed by atoms with van der Waals surface area (Å²) in [4.78, 5) is 17.2. The number of morpholine rings is 1. The summed E-state index contributed by atoms with van der Waals surface area (Å²) in [6, 6.07) is 4.65. The number of amides is 1. The summed E-state index contributed by atoms with van der Waals surface area (Å²) in [7, 11) is -3.93. The van der Waals surface area contributed by atoms with E-state index in [2.05, 4.69) is 20.8 Å². The first-order chi connectivity index (χ1) is 12.9. The van der Waals surface area contributed by atoms with Crippen molar-refractivity contribution in [2.45, 2.75) is 17.9 Å². The molecule has 1 aliphatic heterocycles. The van der Waals surface area contributed by atoms with Crippen LogP contribution in [0.25, 0.3) is 0 Å². The highest BCUT2D eigenvalue weighted by atomic mass is 35.5. The first kappa shape index (κ1) is 19.5. The van der Waals surface area contributed by atoms with Crippen molar-refractivity contribution < 1.29 is 17.9 Å². The van der Waals surface area contributed by atoms with Crippen LogP contribution in [0, 0.1) is 0 Å². The van der Waals surface area contributed by atoms with E-state index in [4.69, 9.17) is 16.3 Å². The Kier molecular flexibility index (Phi) is 5.89. The third-order valence-corrected chi connectivity index (χ3v) is 5.39. The monoisotopic (exact) mass is 415 g/mol. The Labute approximate surface area is 160 Å². The third kappa shape index (κ3) is 4.71. The van der Waals surface area contributed by atoms with E-state index in [-0.39, 0.29) is 4.90 Å². The Hall–Kier alpha value is -2.28. The van der Waals surface area contributed by atoms with Crippen molar-refractivity contribution in [2.75, 3.05) is 31.2 Å². The Morgan fingerprint density at radius 2 is 1.93 bits per heavy atom. The number of carbonyl (C=O) groups excluding carboxylic acids is 1. The van der Waals surface area contributed by atoms with Crippen molar-refractivity contribution in [3.8, 4) is 0 Å². The van der Waals surface area contributed by atoms with Crippen LogP contribution >= 0.6 is 11.6 Å². The van der Waals surface area contributed by atoms with E-state index >= 15 is 0 Å². The van der Waals surface area contributed by atoms with E-state index in [0.29, 0.717) is 37.3 Å². The van der Waals surface area contributed by atoms with Crippen LogP contribution in [-0.2, 0) is 19.6 Å². The Morgan fingerprint density at radius 3 is 2.59 bits per heavy atom. The lowest BCUT2D eigenvalue weighted by atomic mass is 10.3. The number of hydrogen-bond acceptors (Lipinski definition) is 8. The molecule has 13 heteroatoms. The molecular formula is C14H18ClN7O4S. The van der Waals surface area contributed by atoms with Crippen LogP contribution in [0.2, 0.25) is 5.02 Å². The molecule has 0 unspecified atom stereocenters. The molecule has 1 aliphatic rings. The number of halogens is 1. The molecule has 146 valence electrons. The van der Waals surface area contributed by atoms with Crippen LogP contribution in [0.15, 0.2) is 29.2 Å². The summed E-state index contributed by atoms with van der Waals surface area (Å²) in [5.74, 6) is -0.252. The second kappa shape index (κ2) is 8.17. The molecule has 0 spiro atoms. The second-order valence-corrected chi connectivity index (χ2v) is 7.85. The van der Waals surface area contributed by atoms with E-state index in [0.717, 1.165) is 4.80 Å². The molecule has 1 atom stereocenters. The number of sulfonamides is 1. The van der Waals surface area contributed by atoms with Gasteiger partial charge in [0.15, 0.2) is 6.04 Å². The average molecular weight is 416 g/mol. The number of anilines is 1. The first-order valence-corrected chi connectivity index (χ1v) is 9.92. The predicted molar refractivity (Wildman–Crippen MR) is 95.5 cm³/mol. The molecule has 3 rings (SSSR count). The Morgan fingerprint density at radius 1 is 1.26 bits per heavy atom. The van der Waals surface area contributed by atoms with Gasteiger partial charge in [0.05, 0.1) is 18.1 Å². The van der Waals surface area contributed by atoms with E-state index in [1.54, 1.807) is 0 Å². The number of nitrogens with one attached hydrogen (secondary N) is 2. The highest BCUT2D eigenvalue weighted by molar-refractivity contribution is 7.89. The molecule has 1 amide bonds. The Balaban J connectivity index is 1.60. The van der Waals surface area contributed by atoms with Gasteiger partial charge in [0.1, 0.15) is 0 Å². The van der Waals surface area contributed by atoms with Crippen LogP contribution < -0.4 is 15.2 Å². The topological polar surface area (TPSA) is 131 Å². The zero-order chi connectivity index (χ0) is 19.4. The molecule has 2 N–H and O–H groups in total. The minimum atomic E-state index is -3.93. The van der Waals surface area contributed by atoms with Crippen molar-refractivity contribution in [1.29, 1.82) is 0 Å². The smallest absolute Gasteiger partial charge is 0.266 e. The summed E-state index contributed by atoms with van der Waals surface area (Å²) < 4.78 is 29.6. The summed E-state index contributed by atoms with van der Waals surface area (Å²) in [6.07, 6.45) is 0. The zero-order valence-corrected chi connectivity index (χ0v) is 15.9. The fourth-order valence-corrected chi connectivity index (χ4v) is 3.24. The maximum atomic E-state index is 12.2. The predicted octanol–water partition coefficient (Wildman–Crippen LogP) is -0.266. The molecule has 0 saturated carbocycles. The van der Waals surface area contributed by atoms with Crippen LogP contribution in [0.3, 0.4) is 0 Å². The van der Waals surface area contributed by atoms with E-state index < -0.39 is 22.0 Å². The van der Waals surface area contributed by atoms with Gasteiger partial charge in [-0.1, -0.05) is 16.7 Å². The van der Waals surface area contributed by atoms with Gasteiger partial charge in [-0.25, -0.2) is 8.42 Å². The molecule has 2 aromatic rings. The molecule has 0 radical (unpaired) electrons. The first-order valence-electron chi connectivity index (χ1n) is 8.06. The summed E-state index contributed by atoms with van der Waals surface area (Å²) in [5, 5.41) is 12.4. The molecule has 2 heterocycles. The lowest BCUT2D eigenvalue weighted by molar-refractivity contribution is -0.124. The van der Waals surface area contributed by atoms with Gasteiger partial charge in [0.25, 0.3) is 21.9 Å². The molecule has 1 aromatic heterocycles. The molecular weight excluding hydrogens is 398 g/mol. The van der Waals surface area contributed by atoms with Gasteiger partial charge >= 0.3 is 0 Å². The maximum absolute atomic E-state index is 12.2. The molecule has 27 heavy (non-hydrogen) atoms. The molecule has 1 aromatic carbocycles. The maximum Gasteiger partial charge on any atom is 0.266 e. The number of hydrogen-bond donors (Lipinski definition) is 2. The number of ether oxygens (including phenoxy) is 1. The van der Waals surface area contributed by atoms with Crippen molar-refractivity contribution in [2.24, 2.45) is 0 Å². The van der Waals surface area contributed by atoms with Gasteiger partial charge in [0, 0.05) is 18.1 Å². The van der Waals surface area contributed by atoms with Crippen LogP contribution in [0.5, 0.6) is 0 Å². The highest BCUT2D eigenvalue weighted by Gasteiger charge is 2.23.